The van der Waals surface area contributed by atoms with E-state index in [4.69, 9.17) is 4.74 Å². The second-order valence-corrected chi connectivity index (χ2v) is 8.35. The lowest BCUT2D eigenvalue weighted by atomic mass is 10.2. The number of methoxy groups -OCH3 is 1. The van der Waals surface area contributed by atoms with Crippen LogP contribution in [0.15, 0.2) is 53.5 Å². The number of hydrogen-bond acceptors (Lipinski definition) is 8. The van der Waals surface area contributed by atoms with Gasteiger partial charge in [0.2, 0.25) is 0 Å². The minimum atomic E-state index is -0.230. The van der Waals surface area contributed by atoms with Gasteiger partial charge in [0.25, 0.3) is 5.56 Å². The van der Waals surface area contributed by atoms with Crippen molar-refractivity contribution in [2.75, 3.05) is 38.2 Å². The molecule has 8 nitrogen and oxygen atoms in total. The average molecular weight is 435 g/mol. The minimum absolute atomic E-state index is 0.230. The summed E-state index contributed by atoms with van der Waals surface area (Å²) < 4.78 is 5.23. The normalized spacial score (nSPS) is 14.8. The number of pyridine rings is 1. The van der Waals surface area contributed by atoms with Crippen molar-refractivity contribution in [2.45, 2.75) is 6.54 Å². The number of H-pyrrole nitrogens is 1. The molecule has 1 aliphatic heterocycles. The van der Waals surface area contributed by atoms with Gasteiger partial charge in [-0.1, -0.05) is 29.5 Å². The number of nitrogens with zero attached hydrogens (tertiary/aromatic N) is 5. The third kappa shape index (κ3) is 4.14. The fourth-order valence-corrected chi connectivity index (χ4v) is 4.66. The van der Waals surface area contributed by atoms with Gasteiger partial charge in [0, 0.05) is 38.9 Å². The van der Waals surface area contributed by atoms with Crippen LogP contribution in [0.3, 0.4) is 0 Å². The predicted molar refractivity (Wildman–Crippen MR) is 122 cm³/mol. The number of benzene rings is 1. The van der Waals surface area contributed by atoms with E-state index in [9.17, 15) is 4.79 Å². The number of aromatic amines is 1. The van der Waals surface area contributed by atoms with Gasteiger partial charge in [-0.3, -0.25) is 14.7 Å². The maximum Gasteiger partial charge on any atom is 0.278 e. The minimum Gasteiger partial charge on any atom is -0.497 e. The highest BCUT2D eigenvalue weighted by atomic mass is 32.1. The lowest BCUT2D eigenvalue weighted by Gasteiger charge is -2.34. The van der Waals surface area contributed by atoms with Crippen LogP contribution in [0.1, 0.15) is 5.56 Å². The molecule has 4 heterocycles. The maximum absolute atomic E-state index is 12.6. The Morgan fingerprint density at radius 1 is 1.06 bits per heavy atom. The summed E-state index contributed by atoms with van der Waals surface area (Å²) in [6.45, 7) is 4.50. The van der Waals surface area contributed by atoms with Crippen LogP contribution in [0.2, 0.25) is 0 Å². The second kappa shape index (κ2) is 8.44. The smallest absolute Gasteiger partial charge is 0.278 e. The third-order valence-corrected chi connectivity index (χ3v) is 6.38. The summed E-state index contributed by atoms with van der Waals surface area (Å²) >= 11 is 1.46. The zero-order valence-electron chi connectivity index (χ0n) is 17.1. The molecular formula is C22H22N6O2S. The van der Waals surface area contributed by atoms with Crippen molar-refractivity contribution < 1.29 is 4.74 Å². The van der Waals surface area contributed by atoms with Crippen LogP contribution in [0.4, 0.5) is 5.13 Å². The lowest BCUT2D eigenvalue weighted by Crippen LogP contribution is -2.45. The third-order valence-electron chi connectivity index (χ3n) is 5.37. The van der Waals surface area contributed by atoms with E-state index in [0.29, 0.717) is 21.9 Å². The standard InChI is InChI=1S/C22H22N6O2S/c1-30-16-7-5-15(6-8-16)14-27-10-12-28(13-11-27)22-24-18-20(29)25-19(26-21(18)31-22)17-4-2-3-9-23-17/h2-9H,10-14H2,1H3,(H,25,26,29). The molecule has 3 aromatic heterocycles. The number of nitrogens with one attached hydrogen (secondary N) is 1. The molecule has 9 heteroatoms. The predicted octanol–water partition coefficient (Wildman–Crippen LogP) is 2.77. The Bertz CT molecular complexity index is 1230. The summed E-state index contributed by atoms with van der Waals surface area (Å²) in [4.78, 5) is 34.1. The van der Waals surface area contributed by atoms with Gasteiger partial charge < -0.3 is 14.6 Å². The van der Waals surface area contributed by atoms with Gasteiger partial charge in [-0.15, -0.1) is 0 Å². The van der Waals surface area contributed by atoms with E-state index < -0.39 is 0 Å². The van der Waals surface area contributed by atoms with Gasteiger partial charge in [-0.25, -0.2) is 9.97 Å². The monoisotopic (exact) mass is 434 g/mol. The molecule has 1 N–H and O–H groups in total. The van der Waals surface area contributed by atoms with Crippen molar-refractivity contribution >= 4 is 26.8 Å². The Morgan fingerprint density at radius 3 is 2.58 bits per heavy atom. The molecule has 0 spiro atoms. The van der Waals surface area contributed by atoms with Gasteiger partial charge in [0.05, 0.1) is 7.11 Å². The van der Waals surface area contributed by atoms with E-state index in [1.165, 1.54) is 16.9 Å². The van der Waals surface area contributed by atoms with Crippen LogP contribution >= 0.6 is 11.3 Å². The Labute approximate surface area is 183 Å². The number of ether oxygens (including phenoxy) is 1. The summed E-state index contributed by atoms with van der Waals surface area (Å²) in [6.07, 6.45) is 1.68. The van der Waals surface area contributed by atoms with Crippen LogP contribution in [0.5, 0.6) is 5.75 Å². The molecular weight excluding hydrogens is 412 g/mol. The van der Waals surface area contributed by atoms with Gasteiger partial charge in [0.15, 0.2) is 21.3 Å². The molecule has 31 heavy (non-hydrogen) atoms. The second-order valence-electron chi connectivity index (χ2n) is 7.39. The van der Waals surface area contributed by atoms with Crippen molar-refractivity contribution in [3.63, 3.8) is 0 Å². The molecule has 0 bridgehead atoms. The summed E-state index contributed by atoms with van der Waals surface area (Å²) in [6, 6.07) is 13.7. The molecule has 0 radical (unpaired) electrons. The SMILES string of the molecule is COc1ccc(CN2CCN(c3nc4c(=O)[nH]c(-c5ccccn5)nc4s3)CC2)cc1. The van der Waals surface area contributed by atoms with E-state index >= 15 is 0 Å². The van der Waals surface area contributed by atoms with Crippen LogP contribution in [-0.2, 0) is 6.54 Å². The molecule has 158 valence electrons. The molecule has 4 aromatic rings. The molecule has 0 unspecified atom stereocenters. The van der Waals surface area contributed by atoms with Crippen molar-refractivity contribution in [3.05, 3.63) is 64.6 Å². The molecule has 5 rings (SSSR count). The number of fused-ring (bicyclic) bond motifs is 1. The first-order chi connectivity index (χ1) is 15.2. The van der Waals surface area contributed by atoms with Crippen LogP contribution in [-0.4, -0.2) is 58.1 Å². The summed E-state index contributed by atoms with van der Waals surface area (Å²) in [5, 5.41) is 0.843. The first-order valence-electron chi connectivity index (χ1n) is 10.1. The van der Waals surface area contributed by atoms with E-state index in [-0.39, 0.29) is 5.56 Å². The largest absolute Gasteiger partial charge is 0.497 e. The number of thiazole rings is 1. The highest BCUT2D eigenvalue weighted by Gasteiger charge is 2.21. The number of anilines is 1. The number of rotatable bonds is 5. The van der Waals surface area contributed by atoms with Crippen molar-refractivity contribution in [2.24, 2.45) is 0 Å². The van der Waals surface area contributed by atoms with Crippen LogP contribution in [0.25, 0.3) is 21.9 Å². The molecule has 0 saturated carbocycles. The number of aromatic nitrogens is 4. The van der Waals surface area contributed by atoms with Gasteiger partial charge in [-0.2, -0.15) is 0 Å². The fraction of sp³-hybridized carbons (Fsp3) is 0.273. The highest BCUT2D eigenvalue weighted by molar-refractivity contribution is 7.21. The average Bonchev–Trinajstić information content (AvgIpc) is 3.26. The Hall–Kier alpha value is -3.30. The molecule has 0 atom stereocenters. The van der Waals surface area contributed by atoms with Crippen molar-refractivity contribution in [1.82, 2.24) is 24.8 Å². The lowest BCUT2D eigenvalue weighted by molar-refractivity contribution is 0.250. The molecule has 1 aliphatic rings. The summed E-state index contributed by atoms with van der Waals surface area (Å²) in [5.41, 5.74) is 2.07. The quantitative estimate of drug-likeness (QED) is 0.517. The first kappa shape index (κ1) is 19.7. The first-order valence-corrected chi connectivity index (χ1v) is 10.9. The zero-order chi connectivity index (χ0) is 21.2. The van der Waals surface area contributed by atoms with Gasteiger partial charge in [-0.05, 0) is 29.8 Å². The fourth-order valence-electron chi connectivity index (χ4n) is 3.67. The Balaban J connectivity index is 1.29. The highest BCUT2D eigenvalue weighted by Crippen LogP contribution is 2.27. The van der Waals surface area contributed by atoms with E-state index in [1.54, 1.807) is 13.3 Å². The van der Waals surface area contributed by atoms with Gasteiger partial charge >= 0.3 is 0 Å². The number of piperazine rings is 1. The Morgan fingerprint density at radius 2 is 1.87 bits per heavy atom. The molecule has 1 fully saturated rings. The van der Waals surface area contributed by atoms with Crippen molar-refractivity contribution in [3.8, 4) is 17.3 Å². The zero-order valence-corrected chi connectivity index (χ0v) is 17.9. The van der Waals surface area contributed by atoms with Crippen LogP contribution < -0.4 is 15.2 Å². The maximum atomic E-state index is 12.6. The summed E-state index contributed by atoms with van der Waals surface area (Å²) in [7, 11) is 1.68. The van der Waals surface area contributed by atoms with Crippen molar-refractivity contribution in [1.29, 1.82) is 0 Å². The Kier molecular flexibility index (Phi) is 5.35. The summed E-state index contributed by atoms with van der Waals surface area (Å²) in [5.74, 6) is 1.34. The topological polar surface area (TPSA) is 87.2 Å². The molecule has 1 saturated heterocycles. The van der Waals surface area contributed by atoms with E-state index in [0.717, 1.165) is 43.6 Å². The van der Waals surface area contributed by atoms with Crippen LogP contribution in [0, 0.1) is 0 Å². The van der Waals surface area contributed by atoms with Gasteiger partial charge in [0.1, 0.15) is 11.4 Å². The number of hydrogen-bond donors (Lipinski definition) is 1. The van der Waals surface area contributed by atoms with E-state index in [2.05, 4.69) is 41.9 Å². The molecule has 0 aliphatic carbocycles. The van der Waals surface area contributed by atoms with E-state index in [1.807, 2.05) is 30.3 Å². The molecule has 0 amide bonds. The molecule has 1 aromatic carbocycles.